The summed E-state index contributed by atoms with van der Waals surface area (Å²) in [6.07, 6.45) is 1.00. The molecule has 1 N–H and O–H groups in total. The first-order valence-corrected chi connectivity index (χ1v) is 7.47. The van der Waals surface area contributed by atoms with Crippen LogP contribution in [0.2, 0.25) is 5.02 Å². The molecule has 0 saturated carbocycles. The number of anilines is 2. The Balaban J connectivity index is 1.78. The molecule has 3 nitrogen and oxygen atoms in total. The zero-order valence-electron chi connectivity index (χ0n) is 12.3. The number of hydrogen-bond acceptors (Lipinski definition) is 3. The third-order valence-corrected chi connectivity index (χ3v) is 3.98. The van der Waals surface area contributed by atoms with E-state index >= 15 is 0 Å². The maximum atomic E-state index is 6.28. The van der Waals surface area contributed by atoms with Gasteiger partial charge in [0.05, 0.1) is 23.0 Å². The lowest BCUT2D eigenvalue weighted by Gasteiger charge is -2.20. The van der Waals surface area contributed by atoms with E-state index in [1.54, 1.807) is 0 Å². The van der Waals surface area contributed by atoms with Crippen molar-refractivity contribution >= 4 is 23.0 Å². The average Bonchev–Trinajstić information content (AvgIpc) is 2.92. The van der Waals surface area contributed by atoms with Crippen LogP contribution in [-0.4, -0.2) is 20.7 Å². The minimum absolute atomic E-state index is 0.757. The molecular weight excluding hydrogens is 284 g/mol. The van der Waals surface area contributed by atoms with E-state index in [1.165, 1.54) is 11.1 Å². The highest BCUT2D eigenvalue weighted by molar-refractivity contribution is 6.34. The van der Waals surface area contributed by atoms with Crippen molar-refractivity contribution < 1.29 is 4.74 Å². The molecule has 0 radical (unpaired) electrons. The number of benzene rings is 2. The topological polar surface area (TPSA) is 24.5 Å². The zero-order chi connectivity index (χ0) is 14.8. The standard InChI is InChI=1S/C17H19ClN2O/c1-20(2)17-14(18)4-3-5-15(17)19-11-12-6-7-16-13(10-12)8-9-21-16/h3-7,10,19H,8-9,11H2,1-2H3. The molecule has 0 aliphatic carbocycles. The van der Waals surface area contributed by atoms with Crippen LogP contribution in [0.5, 0.6) is 5.75 Å². The highest BCUT2D eigenvalue weighted by Gasteiger charge is 2.13. The zero-order valence-corrected chi connectivity index (χ0v) is 13.1. The maximum Gasteiger partial charge on any atom is 0.122 e. The molecule has 0 amide bonds. The average molecular weight is 303 g/mol. The Morgan fingerprint density at radius 1 is 1.24 bits per heavy atom. The van der Waals surface area contributed by atoms with Gasteiger partial charge in [0.25, 0.3) is 0 Å². The van der Waals surface area contributed by atoms with Crippen molar-refractivity contribution in [2.45, 2.75) is 13.0 Å². The van der Waals surface area contributed by atoms with Gasteiger partial charge in [-0.3, -0.25) is 0 Å². The Bertz CT molecular complexity index is 655. The maximum absolute atomic E-state index is 6.28. The highest BCUT2D eigenvalue weighted by Crippen LogP contribution is 2.33. The van der Waals surface area contributed by atoms with E-state index in [2.05, 4.69) is 29.6 Å². The quantitative estimate of drug-likeness (QED) is 0.925. The fourth-order valence-electron chi connectivity index (χ4n) is 2.66. The number of rotatable bonds is 4. The summed E-state index contributed by atoms with van der Waals surface area (Å²) in [6.45, 7) is 1.57. The minimum atomic E-state index is 0.757. The molecule has 0 atom stereocenters. The minimum Gasteiger partial charge on any atom is -0.493 e. The van der Waals surface area contributed by atoms with Crippen molar-refractivity contribution in [3.63, 3.8) is 0 Å². The summed E-state index contributed by atoms with van der Waals surface area (Å²) >= 11 is 6.28. The van der Waals surface area contributed by atoms with E-state index in [9.17, 15) is 0 Å². The Morgan fingerprint density at radius 2 is 2.10 bits per heavy atom. The number of nitrogens with one attached hydrogen (secondary N) is 1. The first-order chi connectivity index (χ1) is 10.1. The fourth-order valence-corrected chi connectivity index (χ4v) is 3.00. The van der Waals surface area contributed by atoms with Crippen molar-refractivity contribution in [2.24, 2.45) is 0 Å². The monoisotopic (exact) mass is 302 g/mol. The Morgan fingerprint density at radius 3 is 2.90 bits per heavy atom. The SMILES string of the molecule is CN(C)c1c(Cl)cccc1NCc1ccc2c(c1)CCO2. The molecule has 1 aliphatic rings. The van der Waals surface area contributed by atoms with Crippen LogP contribution in [-0.2, 0) is 13.0 Å². The number of hydrogen-bond donors (Lipinski definition) is 1. The number of fused-ring (bicyclic) bond motifs is 1. The van der Waals surface area contributed by atoms with E-state index in [4.69, 9.17) is 16.3 Å². The van der Waals surface area contributed by atoms with Crippen LogP contribution in [0.3, 0.4) is 0 Å². The van der Waals surface area contributed by atoms with Crippen molar-refractivity contribution in [2.75, 3.05) is 30.9 Å². The summed E-state index contributed by atoms with van der Waals surface area (Å²) in [5.41, 5.74) is 4.62. The molecule has 21 heavy (non-hydrogen) atoms. The van der Waals surface area contributed by atoms with Gasteiger partial charge in [-0.2, -0.15) is 0 Å². The smallest absolute Gasteiger partial charge is 0.122 e. The number of para-hydroxylation sites is 1. The normalized spacial score (nSPS) is 12.7. The molecule has 0 fully saturated rings. The van der Waals surface area contributed by atoms with Crippen molar-refractivity contribution in [1.82, 2.24) is 0 Å². The molecule has 1 aliphatic heterocycles. The van der Waals surface area contributed by atoms with Gasteiger partial charge < -0.3 is 15.0 Å². The van der Waals surface area contributed by atoms with Crippen molar-refractivity contribution in [1.29, 1.82) is 0 Å². The molecule has 4 heteroatoms. The lowest BCUT2D eigenvalue weighted by molar-refractivity contribution is 0.357. The van der Waals surface area contributed by atoms with Crippen molar-refractivity contribution in [3.05, 3.63) is 52.5 Å². The van der Waals surface area contributed by atoms with Crippen LogP contribution in [0.1, 0.15) is 11.1 Å². The molecule has 110 valence electrons. The third-order valence-electron chi connectivity index (χ3n) is 3.67. The van der Waals surface area contributed by atoms with Gasteiger partial charge in [0.1, 0.15) is 5.75 Å². The van der Waals surface area contributed by atoms with Crippen LogP contribution in [0, 0.1) is 0 Å². The molecular formula is C17H19ClN2O. The largest absolute Gasteiger partial charge is 0.493 e. The first kappa shape index (κ1) is 14.1. The molecule has 0 saturated heterocycles. The Labute approximate surface area is 130 Å². The van der Waals surface area contributed by atoms with Crippen molar-refractivity contribution in [3.8, 4) is 5.75 Å². The molecule has 3 rings (SSSR count). The molecule has 0 aromatic heterocycles. The van der Waals surface area contributed by atoms with Gasteiger partial charge in [-0.15, -0.1) is 0 Å². The molecule has 0 spiro atoms. The first-order valence-electron chi connectivity index (χ1n) is 7.09. The van der Waals surface area contributed by atoms with Crippen LogP contribution < -0.4 is 15.0 Å². The predicted octanol–water partition coefficient (Wildman–Crippen LogP) is 3.95. The van der Waals surface area contributed by atoms with Crippen LogP contribution in [0.4, 0.5) is 11.4 Å². The van der Waals surface area contributed by atoms with Gasteiger partial charge in [-0.05, 0) is 29.3 Å². The van der Waals surface area contributed by atoms with Gasteiger partial charge in [-0.25, -0.2) is 0 Å². The van der Waals surface area contributed by atoms with Crippen LogP contribution >= 0.6 is 11.6 Å². The molecule has 2 aromatic rings. The Hall–Kier alpha value is -1.87. The molecule has 0 bridgehead atoms. The van der Waals surface area contributed by atoms with Gasteiger partial charge in [0.2, 0.25) is 0 Å². The van der Waals surface area contributed by atoms with E-state index in [0.717, 1.165) is 41.7 Å². The second kappa shape index (κ2) is 5.86. The van der Waals surface area contributed by atoms with Gasteiger partial charge in [-0.1, -0.05) is 29.8 Å². The molecule has 0 unspecified atom stereocenters. The number of ether oxygens (including phenoxy) is 1. The summed E-state index contributed by atoms with van der Waals surface area (Å²) in [4.78, 5) is 2.03. The highest BCUT2D eigenvalue weighted by atomic mass is 35.5. The summed E-state index contributed by atoms with van der Waals surface area (Å²) in [6, 6.07) is 12.3. The summed E-state index contributed by atoms with van der Waals surface area (Å²) in [5.74, 6) is 1.02. The molecule has 2 aromatic carbocycles. The van der Waals surface area contributed by atoms with E-state index in [-0.39, 0.29) is 0 Å². The lowest BCUT2D eigenvalue weighted by Crippen LogP contribution is -2.12. The number of halogens is 1. The predicted molar refractivity (Wildman–Crippen MR) is 88.7 cm³/mol. The fraction of sp³-hybridized carbons (Fsp3) is 0.294. The van der Waals surface area contributed by atoms with E-state index in [1.807, 2.05) is 31.1 Å². The number of nitrogens with zero attached hydrogens (tertiary/aromatic N) is 1. The summed E-state index contributed by atoms with van der Waals surface area (Å²) in [7, 11) is 4.00. The lowest BCUT2D eigenvalue weighted by atomic mass is 10.1. The van der Waals surface area contributed by atoms with E-state index < -0.39 is 0 Å². The second-order valence-corrected chi connectivity index (χ2v) is 5.83. The third kappa shape index (κ3) is 2.93. The summed E-state index contributed by atoms with van der Waals surface area (Å²) in [5, 5.41) is 4.23. The van der Waals surface area contributed by atoms with Crippen LogP contribution in [0.25, 0.3) is 0 Å². The van der Waals surface area contributed by atoms with E-state index in [0.29, 0.717) is 0 Å². The van der Waals surface area contributed by atoms with Crippen LogP contribution in [0.15, 0.2) is 36.4 Å². The summed E-state index contributed by atoms with van der Waals surface area (Å²) < 4.78 is 5.54. The second-order valence-electron chi connectivity index (χ2n) is 5.42. The van der Waals surface area contributed by atoms with Gasteiger partial charge in [0.15, 0.2) is 0 Å². The van der Waals surface area contributed by atoms with Gasteiger partial charge in [0, 0.05) is 27.1 Å². The molecule has 1 heterocycles. The Kier molecular flexibility index (Phi) is 3.93. The van der Waals surface area contributed by atoms with Gasteiger partial charge >= 0.3 is 0 Å².